The van der Waals surface area contributed by atoms with E-state index in [4.69, 9.17) is 9.15 Å². The van der Waals surface area contributed by atoms with Gasteiger partial charge in [-0.1, -0.05) is 48.5 Å². The molecule has 5 heteroatoms. The Bertz CT molecular complexity index is 934. The second kappa shape index (κ2) is 7.50. The standard InChI is InChI=1S/C22H19NO4/c24-21(20-13-17-9-4-5-11-19(17)22(25)27-20)23(15-18-10-6-12-26-18)14-16-7-2-1-3-8-16/h1-12,20H,13-15H2. The Morgan fingerprint density at radius 3 is 2.52 bits per heavy atom. The van der Waals surface area contributed by atoms with E-state index in [9.17, 15) is 9.59 Å². The molecule has 0 N–H and O–H groups in total. The van der Waals surface area contributed by atoms with E-state index in [1.165, 1.54) is 0 Å². The van der Waals surface area contributed by atoms with E-state index in [1.807, 2.05) is 48.5 Å². The highest BCUT2D eigenvalue weighted by Gasteiger charge is 2.34. The van der Waals surface area contributed by atoms with E-state index < -0.39 is 12.1 Å². The van der Waals surface area contributed by atoms with Crippen molar-refractivity contribution >= 4 is 11.9 Å². The zero-order valence-electron chi connectivity index (χ0n) is 14.7. The predicted octanol–water partition coefficient (Wildman–Crippen LogP) is 3.59. The van der Waals surface area contributed by atoms with E-state index in [-0.39, 0.29) is 5.91 Å². The smallest absolute Gasteiger partial charge is 0.339 e. The Morgan fingerprint density at radius 1 is 0.963 bits per heavy atom. The first-order chi connectivity index (χ1) is 13.2. The van der Waals surface area contributed by atoms with Gasteiger partial charge in [0.25, 0.3) is 5.91 Å². The minimum Gasteiger partial charge on any atom is -0.467 e. The number of ether oxygens (including phenoxy) is 1. The fourth-order valence-electron chi connectivity index (χ4n) is 3.28. The Morgan fingerprint density at radius 2 is 1.74 bits per heavy atom. The van der Waals surface area contributed by atoms with Gasteiger partial charge >= 0.3 is 5.97 Å². The number of esters is 1. The van der Waals surface area contributed by atoms with Crippen molar-refractivity contribution in [2.45, 2.75) is 25.6 Å². The first-order valence-corrected chi connectivity index (χ1v) is 8.84. The fourth-order valence-corrected chi connectivity index (χ4v) is 3.28. The summed E-state index contributed by atoms with van der Waals surface area (Å²) in [6.45, 7) is 0.729. The number of furan rings is 1. The molecule has 0 bridgehead atoms. The predicted molar refractivity (Wildman–Crippen MR) is 98.8 cm³/mol. The number of carbonyl (C=O) groups is 2. The highest BCUT2D eigenvalue weighted by Crippen LogP contribution is 2.23. The third-order valence-electron chi connectivity index (χ3n) is 4.62. The van der Waals surface area contributed by atoms with Crippen LogP contribution in [0, 0.1) is 0 Å². The minimum absolute atomic E-state index is 0.224. The molecule has 3 aromatic rings. The Kier molecular flexibility index (Phi) is 4.75. The molecular formula is C22H19NO4. The van der Waals surface area contributed by atoms with Crippen LogP contribution >= 0.6 is 0 Å². The quantitative estimate of drug-likeness (QED) is 0.652. The summed E-state index contributed by atoms with van der Waals surface area (Å²) in [5.41, 5.74) is 2.37. The van der Waals surface area contributed by atoms with E-state index in [1.54, 1.807) is 29.4 Å². The second-order valence-corrected chi connectivity index (χ2v) is 6.51. The van der Waals surface area contributed by atoms with Gasteiger partial charge in [0.2, 0.25) is 0 Å². The lowest BCUT2D eigenvalue weighted by molar-refractivity contribution is -0.142. The summed E-state index contributed by atoms with van der Waals surface area (Å²) in [6, 6.07) is 20.6. The number of cyclic esters (lactones) is 1. The van der Waals surface area contributed by atoms with Crippen LogP contribution in [-0.2, 0) is 29.0 Å². The SMILES string of the molecule is O=C1OC(C(=O)N(Cc2ccccc2)Cc2ccco2)Cc2ccccc21. The van der Waals surface area contributed by atoms with Gasteiger partial charge in [-0.3, -0.25) is 4.79 Å². The lowest BCUT2D eigenvalue weighted by atomic mass is 9.98. The first kappa shape index (κ1) is 17.1. The Labute approximate surface area is 157 Å². The number of nitrogens with zero attached hydrogens (tertiary/aromatic N) is 1. The molecule has 2 heterocycles. The van der Waals surface area contributed by atoms with Gasteiger partial charge in [-0.25, -0.2) is 4.79 Å². The van der Waals surface area contributed by atoms with Gasteiger partial charge < -0.3 is 14.1 Å². The van der Waals surface area contributed by atoms with Gasteiger partial charge in [0.1, 0.15) is 5.76 Å². The number of rotatable bonds is 5. The lowest BCUT2D eigenvalue weighted by Crippen LogP contribution is -2.43. The van der Waals surface area contributed by atoms with Crippen molar-refractivity contribution in [2.24, 2.45) is 0 Å². The summed E-state index contributed by atoms with van der Waals surface area (Å²) < 4.78 is 10.9. The molecule has 0 aliphatic carbocycles. The van der Waals surface area contributed by atoms with Gasteiger partial charge in [-0.2, -0.15) is 0 Å². The summed E-state index contributed by atoms with van der Waals surface area (Å²) in [5.74, 6) is 0.00721. The van der Waals surface area contributed by atoms with Crippen molar-refractivity contribution < 1.29 is 18.7 Å². The summed E-state index contributed by atoms with van der Waals surface area (Å²) in [6.07, 6.45) is 1.13. The molecule has 1 aliphatic heterocycles. The molecule has 5 nitrogen and oxygen atoms in total. The number of hydrogen-bond donors (Lipinski definition) is 0. The summed E-state index contributed by atoms with van der Waals surface area (Å²) in [4.78, 5) is 27.1. The summed E-state index contributed by atoms with van der Waals surface area (Å²) >= 11 is 0. The van der Waals surface area contributed by atoms with Crippen LogP contribution in [-0.4, -0.2) is 22.9 Å². The van der Waals surface area contributed by atoms with Gasteiger partial charge in [0.15, 0.2) is 6.10 Å². The van der Waals surface area contributed by atoms with Crippen molar-refractivity contribution in [3.63, 3.8) is 0 Å². The maximum absolute atomic E-state index is 13.2. The number of carbonyl (C=O) groups excluding carboxylic acids is 2. The molecule has 1 aliphatic rings. The molecule has 1 amide bonds. The van der Waals surface area contributed by atoms with Crippen LogP contribution < -0.4 is 0 Å². The number of benzene rings is 2. The van der Waals surface area contributed by atoms with E-state index in [0.717, 1.165) is 11.1 Å². The Hall–Kier alpha value is -3.34. The Balaban J connectivity index is 1.57. The minimum atomic E-state index is -0.828. The van der Waals surface area contributed by atoms with Crippen molar-refractivity contribution in [1.82, 2.24) is 4.90 Å². The average molecular weight is 361 g/mol. The van der Waals surface area contributed by atoms with Gasteiger partial charge in [-0.15, -0.1) is 0 Å². The molecule has 1 atom stereocenters. The van der Waals surface area contributed by atoms with Crippen LogP contribution in [0.15, 0.2) is 77.4 Å². The van der Waals surface area contributed by atoms with E-state index in [0.29, 0.717) is 30.8 Å². The molecule has 0 spiro atoms. The normalized spacial score (nSPS) is 15.7. The lowest BCUT2D eigenvalue weighted by Gasteiger charge is -2.29. The largest absolute Gasteiger partial charge is 0.467 e. The number of amides is 1. The van der Waals surface area contributed by atoms with Gasteiger partial charge in [0, 0.05) is 13.0 Å². The number of fused-ring (bicyclic) bond motifs is 1. The molecule has 136 valence electrons. The summed E-state index contributed by atoms with van der Waals surface area (Å²) in [5, 5.41) is 0. The van der Waals surface area contributed by atoms with Gasteiger partial charge in [-0.05, 0) is 29.3 Å². The van der Waals surface area contributed by atoms with Crippen LogP contribution in [0.4, 0.5) is 0 Å². The van der Waals surface area contributed by atoms with Crippen molar-refractivity contribution in [2.75, 3.05) is 0 Å². The van der Waals surface area contributed by atoms with Crippen LogP contribution in [0.5, 0.6) is 0 Å². The highest BCUT2D eigenvalue weighted by atomic mass is 16.5. The van der Waals surface area contributed by atoms with Crippen molar-refractivity contribution in [3.05, 3.63) is 95.4 Å². The van der Waals surface area contributed by atoms with Crippen LogP contribution in [0.1, 0.15) is 27.2 Å². The topological polar surface area (TPSA) is 59.8 Å². The monoisotopic (exact) mass is 361 g/mol. The zero-order valence-corrected chi connectivity index (χ0v) is 14.7. The highest BCUT2D eigenvalue weighted by molar-refractivity contribution is 5.95. The molecule has 1 unspecified atom stereocenters. The molecule has 0 saturated carbocycles. The third kappa shape index (κ3) is 3.77. The molecule has 2 aromatic carbocycles. The molecular weight excluding hydrogens is 342 g/mol. The molecule has 0 saturated heterocycles. The van der Waals surface area contributed by atoms with Crippen LogP contribution in [0.2, 0.25) is 0 Å². The molecule has 27 heavy (non-hydrogen) atoms. The van der Waals surface area contributed by atoms with Crippen LogP contribution in [0.25, 0.3) is 0 Å². The number of hydrogen-bond acceptors (Lipinski definition) is 4. The van der Waals surface area contributed by atoms with Crippen molar-refractivity contribution in [1.29, 1.82) is 0 Å². The average Bonchev–Trinajstić information content (AvgIpc) is 3.21. The molecule has 0 radical (unpaired) electrons. The van der Waals surface area contributed by atoms with Crippen LogP contribution in [0.3, 0.4) is 0 Å². The molecule has 0 fully saturated rings. The molecule has 1 aromatic heterocycles. The maximum Gasteiger partial charge on any atom is 0.339 e. The first-order valence-electron chi connectivity index (χ1n) is 8.84. The third-order valence-corrected chi connectivity index (χ3v) is 4.62. The van der Waals surface area contributed by atoms with E-state index in [2.05, 4.69) is 0 Å². The zero-order chi connectivity index (χ0) is 18.6. The second-order valence-electron chi connectivity index (χ2n) is 6.51. The maximum atomic E-state index is 13.2. The van der Waals surface area contributed by atoms with E-state index >= 15 is 0 Å². The fraction of sp³-hybridized carbons (Fsp3) is 0.182. The van der Waals surface area contributed by atoms with Crippen molar-refractivity contribution in [3.8, 4) is 0 Å². The summed E-state index contributed by atoms with van der Waals surface area (Å²) in [7, 11) is 0. The van der Waals surface area contributed by atoms with Gasteiger partial charge in [0.05, 0.1) is 18.4 Å². The molecule has 4 rings (SSSR count).